The van der Waals surface area contributed by atoms with Crippen molar-refractivity contribution in [1.82, 2.24) is 0 Å². The molecule has 0 bridgehead atoms. The molecule has 0 unspecified atom stereocenters. The first kappa shape index (κ1) is 10.2. The molecule has 0 aliphatic heterocycles. The van der Waals surface area contributed by atoms with E-state index in [0.717, 1.165) is 24.9 Å². The Hall–Kier alpha value is -1.31. The van der Waals surface area contributed by atoms with Crippen LogP contribution >= 0.6 is 0 Å². The minimum atomic E-state index is 0.379. The van der Waals surface area contributed by atoms with Crippen LogP contribution in [0.2, 0.25) is 0 Å². The number of ether oxygens (including phenoxy) is 1. The predicted octanol–water partition coefficient (Wildman–Crippen LogP) is 3.16. The molecule has 0 amide bonds. The average Bonchev–Trinajstić information content (AvgIpc) is 3.01. The molecule has 2 nitrogen and oxygen atoms in total. The summed E-state index contributed by atoms with van der Waals surface area (Å²) in [4.78, 5) is 10.7. The largest absolute Gasteiger partial charge is 0.490 e. The fraction of sp³-hybridized carbons (Fsp3) is 0.462. The summed E-state index contributed by atoms with van der Waals surface area (Å²) < 4.78 is 5.80. The minimum absolute atomic E-state index is 0.379. The van der Waals surface area contributed by atoms with Crippen molar-refractivity contribution in [2.24, 2.45) is 0 Å². The molecule has 2 heteroatoms. The van der Waals surface area contributed by atoms with Gasteiger partial charge in [-0.3, -0.25) is 4.79 Å². The van der Waals surface area contributed by atoms with Crippen LogP contribution in [0, 0.1) is 0 Å². The van der Waals surface area contributed by atoms with E-state index < -0.39 is 0 Å². The Bertz CT molecular complexity index is 365. The Balaban J connectivity index is 2.30. The molecule has 1 aliphatic rings. The standard InChI is InChI=1S/C13H16O2/c1-9(2)12-6-3-10(8-14)7-13(12)15-11-4-5-11/h3,6-9,11H,4-5H2,1-2H3. The molecule has 1 aliphatic carbocycles. The highest BCUT2D eigenvalue weighted by molar-refractivity contribution is 5.76. The number of aldehydes is 1. The lowest BCUT2D eigenvalue weighted by Gasteiger charge is -2.13. The molecule has 1 saturated carbocycles. The molecule has 0 radical (unpaired) electrons. The van der Waals surface area contributed by atoms with Crippen LogP contribution in [-0.4, -0.2) is 12.4 Å². The molecule has 80 valence electrons. The molecule has 1 aromatic carbocycles. The number of benzene rings is 1. The molecule has 1 fully saturated rings. The molecule has 0 atom stereocenters. The molecule has 1 aromatic rings. The first-order chi connectivity index (χ1) is 7.20. The first-order valence-electron chi connectivity index (χ1n) is 5.46. The summed E-state index contributed by atoms with van der Waals surface area (Å²) in [5, 5.41) is 0. The lowest BCUT2D eigenvalue weighted by Crippen LogP contribution is -2.01. The fourth-order valence-electron chi connectivity index (χ4n) is 1.57. The van der Waals surface area contributed by atoms with Gasteiger partial charge in [-0.25, -0.2) is 0 Å². The van der Waals surface area contributed by atoms with E-state index in [9.17, 15) is 4.79 Å². The van der Waals surface area contributed by atoms with Crippen LogP contribution in [0.5, 0.6) is 5.75 Å². The summed E-state index contributed by atoms with van der Waals surface area (Å²) in [6, 6.07) is 5.69. The second-order valence-corrected chi connectivity index (χ2v) is 4.39. The van der Waals surface area contributed by atoms with Gasteiger partial charge in [-0.05, 0) is 30.4 Å². The highest BCUT2D eigenvalue weighted by atomic mass is 16.5. The van der Waals surface area contributed by atoms with Crippen molar-refractivity contribution < 1.29 is 9.53 Å². The Kier molecular flexibility index (Phi) is 2.76. The van der Waals surface area contributed by atoms with Gasteiger partial charge in [-0.15, -0.1) is 0 Å². The summed E-state index contributed by atoms with van der Waals surface area (Å²) in [7, 11) is 0. The van der Waals surface area contributed by atoms with Gasteiger partial charge in [0.1, 0.15) is 12.0 Å². The van der Waals surface area contributed by atoms with Crippen LogP contribution < -0.4 is 4.74 Å². The highest BCUT2D eigenvalue weighted by Gasteiger charge is 2.25. The summed E-state index contributed by atoms with van der Waals surface area (Å²) in [5.74, 6) is 1.32. The maximum absolute atomic E-state index is 10.7. The van der Waals surface area contributed by atoms with Gasteiger partial charge < -0.3 is 4.74 Å². The summed E-state index contributed by atoms with van der Waals surface area (Å²) in [5.41, 5.74) is 1.88. The number of hydrogen-bond donors (Lipinski definition) is 0. The number of carbonyl (C=O) groups excluding carboxylic acids is 1. The van der Waals surface area contributed by atoms with Crippen LogP contribution in [0.15, 0.2) is 18.2 Å². The van der Waals surface area contributed by atoms with Gasteiger partial charge in [0.15, 0.2) is 0 Å². The zero-order valence-corrected chi connectivity index (χ0v) is 9.19. The zero-order valence-electron chi connectivity index (χ0n) is 9.19. The topological polar surface area (TPSA) is 26.3 Å². The van der Waals surface area contributed by atoms with Gasteiger partial charge in [-0.2, -0.15) is 0 Å². The Morgan fingerprint density at radius 3 is 2.67 bits per heavy atom. The molecule has 0 heterocycles. The van der Waals surface area contributed by atoms with Gasteiger partial charge in [0, 0.05) is 5.56 Å². The second-order valence-electron chi connectivity index (χ2n) is 4.39. The van der Waals surface area contributed by atoms with Gasteiger partial charge in [-0.1, -0.05) is 26.0 Å². The van der Waals surface area contributed by atoms with Crippen molar-refractivity contribution >= 4 is 6.29 Å². The van der Waals surface area contributed by atoms with E-state index in [-0.39, 0.29) is 0 Å². The van der Waals surface area contributed by atoms with E-state index in [1.54, 1.807) is 0 Å². The monoisotopic (exact) mass is 204 g/mol. The van der Waals surface area contributed by atoms with E-state index in [1.807, 2.05) is 18.2 Å². The summed E-state index contributed by atoms with van der Waals surface area (Å²) >= 11 is 0. The molecule has 0 N–H and O–H groups in total. The third-order valence-corrected chi connectivity index (χ3v) is 2.61. The van der Waals surface area contributed by atoms with Gasteiger partial charge in [0.25, 0.3) is 0 Å². The lowest BCUT2D eigenvalue weighted by atomic mass is 10.0. The van der Waals surface area contributed by atoms with Crippen LogP contribution in [-0.2, 0) is 0 Å². The molecule has 0 spiro atoms. The molecular formula is C13H16O2. The fourth-order valence-corrected chi connectivity index (χ4v) is 1.57. The third-order valence-electron chi connectivity index (χ3n) is 2.61. The quantitative estimate of drug-likeness (QED) is 0.704. The summed E-state index contributed by atoms with van der Waals surface area (Å²) in [6.45, 7) is 4.27. The maximum atomic E-state index is 10.7. The van der Waals surface area contributed by atoms with E-state index in [1.165, 1.54) is 5.56 Å². The van der Waals surface area contributed by atoms with E-state index in [0.29, 0.717) is 17.6 Å². The lowest BCUT2D eigenvalue weighted by molar-refractivity contribution is 0.112. The van der Waals surface area contributed by atoms with Crippen molar-refractivity contribution in [3.8, 4) is 5.75 Å². The van der Waals surface area contributed by atoms with Gasteiger partial charge in [0.05, 0.1) is 6.10 Å². The zero-order chi connectivity index (χ0) is 10.8. The Morgan fingerprint density at radius 2 is 2.13 bits per heavy atom. The first-order valence-corrected chi connectivity index (χ1v) is 5.46. The normalized spacial score (nSPS) is 15.4. The van der Waals surface area contributed by atoms with Crippen LogP contribution in [0.1, 0.15) is 48.5 Å². The van der Waals surface area contributed by atoms with Crippen LogP contribution in [0.25, 0.3) is 0 Å². The average molecular weight is 204 g/mol. The minimum Gasteiger partial charge on any atom is -0.490 e. The van der Waals surface area contributed by atoms with Crippen LogP contribution in [0.4, 0.5) is 0 Å². The molecule has 15 heavy (non-hydrogen) atoms. The highest BCUT2D eigenvalue weighted by Crippen LogP contribution is 2.33. The van der Waals surface area contributed by atoms with Crippen molar-refractivity contribution in [1.29, 1.82) is 0 Å². The predicted molar refractivity (Wildman–Crippen MR) is 59.6 cm³/mol. The van der Waals surface area contributed by atoms with E-state index >= 15 is 0 Å². The molecule has 2 rings (SSSR count). The van der Waals surface area contributed by atoms with E-state index in [2.05, 4.69) is 13.8 Å². The Morgan fingerprint density at radius 1 is 1.40 bits per heavy atom. The number of carbonyl (C=O) groups is 1. The number of rotatable bonds is 4. The maximum Gasteiger partial charge on any atom is 0.150 e. The van der Waals surface area contributed by atoms with Gasteiger partial charge in [0.2, 0.25) is 0 Å². The molecule has 0 saturated heterocycles. The van der Waals surface area contributed by atoms with Gasteiger partial charge >= 0.3 is 0 Å². The summed E-state index contributed by atoms with van der Waals surface area (Å²) in [6.07, 6.45) is 3.53. The third kappa shape index (κ3) is 2.38. The second kappa shape index (κ2) is 4.05. The van der Waals surface area contributed by atoms with Crippen LogP contribution in [0.3, 0.4) is 0 Å². The molecular weight excluding hydrogens is 188 g/mol. The van der Waals surface area contributed by atoms with Crippen molar-refractivity contribution in [2.75, 3.05) is 0 Å². The smallest absolute Gasteiger partial charge is 0.150 e. The Labute approximate surface area is 90.3 Å². The molecule has 0 aromatic heterocycles. The number of hydrogen-bond acceptors (Lipinski definition) is 2. The van der Waals surface area contributed by atoms with Crippen molar-refractivity contribution in [2.45, 2.75) is 38.7 Å². The van der Waals surface area contributed by atoms with E-state index in [4.69, 9.17) is 4.74 Å². The van der Waals surface area contributed by atoms with Crippen molar-refractivity contribution in [3.63, 3.8) is 0 Å². The van der Waals surface area contributed by atoms with Crippen molar-refractivity contribution in [3.05, 3.63) is 29.3 Å². The SMILES string of the molecule is CC(C)c1ccc(C=O)cc1OC1CC1.